The average molecular weight is 684 g/mol. The standard InChI is InChI=1S/2C20H21.C3H6.2ClH.Ti/c2*1-14(2)11-16-12-18-5-4-6-19(20(18)13-16)17-9-7-15(3)8-10-17;1-3-2;;;/h2*4-10,12-14H,11H2,1-3H3;1-3H2;2*1H;/q2*-1;-2;;;+2/p-2. The molecule has 0 aliphatic carbocycles. The zero-order chi connectivity index (χ0) is 30.9. The summed E-state index contributed by atoms with van der Waals surface area (Å²) in [5.41, 5.74) is 10.8. The van der Waals surface area contributed by atoms with E-state index in [9.17, 15) is 0 Å². The summed E-state index contributed by atoms with van der Waals surface area (Å²) < 4.78 is 0. The van der Waals surface area contributed by atoms with Crippen LogP contribution < -0.4 is 24.8 Å². The number of benzene rings is 4. The zero-order valence-electron chi connectivity index (χ0n) is 28.3. The van der Waals surface area contributed by atoms with Crippen molar-refractivity contribution in [3.8, 4) is 22.3 Å². The largest absolute Gasteiger partial charge is 2.00 e. The maximum Gasteiger partial charge on any atom is 2.00 e. The molecule has 0 radical (unpaired) electrons. The van der Waals surface area contributed by atoms with Crippen LogP contribution in [-0.4, -0.2) is 0 Å². The van der Waals surface area contributed by atoms with E-state index in [1.807, 2.05) is 0 Å². The van der Waals surface area contributed by atoms with Gasteiger partial charge in [-0.2, -0.15) is 12.1 Å². The van der Waals surface area contributed by atoms with Crippen molar-refractivity contribution >= 4 is 21.5 Å². The molecule has 0 aromatic heterocycles. The van der Waals surface area contributed by atoms with Crippen LogP contribution in [0.4, 0.5) is 0 Å². The van der Waals surface area contributed by atoms with Gasteiger partial charge in [0.1, 0.15) is 0 Å². The molecular weight excluding hydrogens is 635 g/mol. The molecule has 6 rings (SSSR count). The fourth-order valence-electron chi connectivity index (χ4n) is 5.74. The molecule has 0 nitrogen and oxygen atoms in total. The van der Waals surface area contributed by atoms with E-state index in [1.165, 1.54) is 66.1 Å². The molecule has 0 heterocycles. The number of rotatable bonds is 6. The van der Waals surface area contributed by atoms with Crippen LogP contribution in [-0.2, 0) is 34.6 Å². The molecule has 0 spiro atoms. The van der Waals surface area contributed by atoms with Crippen molar-refractivity contribution < 1.29 is 46.5 Å². The first-order valence-corrected chi connectivity index (χ1v) is 15.8. The summed E-state index contributed by atoms with van der Waals surface area (Å²) in [6.45, 7) is 20.1. The number of hydrogen-bond acceptors (Lipinski definition) is 0. The van der Waals surface area contributed by atoms with E-state index in [4.69, 9.17) is 0 Å². The fourth-order valence-corrected chi connectivity index (χ4v) is 5.74. The molecular formula is C43H48Cl2Ti-4. The maximum absolute atomic E-state index is 3.38. The minimum absolute atomic E-state index is 0. The van der Waals surface area contributed by atoms with Gasteiger partial charge in [-0.15, -0.1) is 69.1 Å². The summed E-state index contributed by atoms with van der Waals surface area (Å²) in [5, 5.41) is 5.48. The summed E-state index contributed by atoms with van der Waals surface area (Å²) >= 11 is 0. The molecule has 0 aliphatic rings. The first kappa shape index (κ1) is 41.4. The fraction of sp³-hybridized carbons (Fsp3) is 0.256. The molecule has 242 valence electrons. The second kappa shape index (κ2) is 19.9. The van der Waals surface area contributed by atoms with Gasteiger partial charge < -0.3 is 45.1 Å². The van der Waals surface area contributed by atoms with E-state index in [0.717, 1.165) is 19.3 Å². The smallest absolute Gasteiger partial charge is 1.00 e. The van der Waals surface area contributed by atoms with Crippen molar-refractivity contribution in [3.63, 3.8) is 0 Å². The monoisotopic (exact) mass is 682 g/mol. The van der Waals surface area contributed by atoms with Crippen LogP contribution in [0.15, 0.2) is 109 Å². The molecule has 0 fully saturated rings. The summed E-state index contributed by atoms with van der Waals surface area (Å²) in [6.07, 6.45) is 3.06. The van der Waals surface area contributed by atoms with E-state index < -0.39 is 0 Å². The molecule has 0 aliphatic heterocycles. The molecule has 0 atom stereocenters. The molecule has 6 aromatic rings. The van der Waals surface area contributed by atoms with Crippen LogP contribution in [0.1, 0.15) is 56.4 Å². The van der Waals surface area contributed by atoms with E-state index in [1.54, 1.807) is 0 Å². The number of fused-ring (bicyclic) bond motifs is 2. The zero-order valence-corrected chi connectivity index (χ0v) is 31.4. The Labute approximate surface area is 306 Å². The summed E-state index contributed by atoms with van der Waals surface area (Å²) in [4.78, 5) is 0. The van der Waals surface area contributed by atoms with Gasteiger partial charge in [-0.1, -0.05) is 111 Å². The van der Waals surface area contributed by atoms with Crippen LogP contribution in [0.5, 0.6) is 0 Å². The Hall–Kier alpha value is -2.61. The van der Waals surface area contributed by atoms with Crippen molar-refractivity contribution in [2.24, 2.45) is 11.8 Å². The van der Waals surface area contributed by atoms with Crippen LogP contribution >= 0.6 is 0 Å². The second-order valence-corrected chi connectivity index (χ2v) is 12.6. The van der Waals surface area contributed by atoms with Gasteiger partial charge in [0, 0.05) is 0 Å². The van der Waals surface area contributed by atoms with Gasteiger partial charge in [-0.05, 0) is 49.7 Å². The topological polar surface area (TPSA) is 0 Å². The van der Waals surface area contributed by atoms with Crippen LogP contribution in [0.25, 0.3) is 43.8 Å². The summed E-state index contributed by atoms with van der Waals surface area (Å²) in [6, 6.07) is 40.3. The van der Waals surface area contributed by atoms with Crippen LogP contribution in [0.2, 0.25) is 0 Å². The Morgan fingerprint density at radius 1 is 0.543 bits per heavy atom. The molecule has 0 amide bonds. The van der Waals surface area contributed by atoms with Gasteiger partial charge in [0.15, 0.2) is 0 Å². The van der Waals surface area contributed by atoms with Gasteiger partial charge >= 0.3 is 21.7 Å². The van der Waals surface area contributed by atoms with E-state index in [0.29, 0.717) is 11.8 Å². The molecule has 0 N–H and O–H groups in total. The third kappa shape index (κ3) is 11.3. The number of halogens is 2. The molecule has 6 aromatic carbocycles. The first-order chi connectivity index (χ1) is 20.7. The van der Waals surface area contributed by atoms with Gasteiger partial charge in [0.2, 0.25) is 0 Å². The third-order valence-electron chi connectivity index (χ3n) is 7.63. The van der Waals surface area contributed by atoms with Crippen molar-refractivity contribution in [1.29, 1.82) is 0 Å². The second-order valence-electron chi connectivity index (χ2n) is 12.6. The van der Waals surface area contributed by atoms with Crippen LogP contribution in [0.3, 0.4) is 0 Å². The molecule has 46 heavy (non-hydrogen) atoms. The summed E-state index contributed by atoms with van der Waals surface area (Å²) in [5.74, 6) is 1.41. The number of aryl methyl sites for hydroxylation is 2. The van der Waals surface area contributed by atoms with Gasteiger partial charge in [-0.25, -0.2) is 0 Å². The van der Waals surface area contributed by atoms with Crippen molar-refractivity contribution in [1.82, 2.24) is 0 Å². The SMILES string of the molecule is Cc1ccc(-c2cccc3[cH-]c(CC(C)C)cc23)cc1.Cc1ccc(-c2cccc3[cH-]c(CC(C)C)cc23)cc1.[CH2-]C[CH2-].[Cl-].[Cl-].[Ti+2]. The maximum atomic E-state index is 3.38. The minimum Gasteiger partial charge on any atom is -1.00 e. The van der Waals surface area contributed by atoms with Crippen molar-refractivity contribution in [2.45, 2.75) is 60.8 Å². The minimum atomic E-state index is 0. The Bertz CT molecular complexity index is 1590. The summed E-state index contributed by atoms with van der Waals surface area (Å²) in [7, 11) is 0. The number of hydrogen-bond donors (Lipinski definition) is 0. The van der Waals surface area contributed by atoms with E-state index in [2.05, 4.69) is 165 Å². The molecule has 0 bridgehead atoms. The third-order valence-corrected chi connectivity index (χ3v) is 7.63. The van der Waals surface area contributed by atoms with Crippen molar-refractivity contribution in [2.75, 3.05) is 0 Å². The molecule has 0 saturated heterocycles. The van der Waals surface area contributed by atoms with Crippen LogP contribution in [0, 0.1) is 39.5 Å². The average Bonchev–Trinajstić information content (AvgIpc) is 3.57. The normalized spacial score (nSPS) is 10.3. The molecule has 0 saturated carbocycles. The van der Waals surface area contributed by atoms with Gasteiger partial charge in [-0.3, -0.25) is 0 Å². The quantitative estimate of drug-likeness (QED) is 0.139. The predicted octanol–water partition coefficient (Wildman–Crippen LogP) is 6.52. The molecule has 3 heteroatoms. The Morgan fingerprint density at radius 3 is 1.17 bits per heavy atom. The van der Waals surface area contributed by atoms with Gasteiger partial charge in [0.25, 0.3) is 0 Å². The van der Waals surface area contributed by atoms with Gasteiger partial charge in [0.05, 0.1) is 0 Å². The van der Waals surface area contributed by atoms with Crippen molar-refractivity contribution in [3.05, 3.63) is 145 Å². The Morgan fingerprint density at radius 2 is 0.870 bits per heavy atom. The molecule has 0 unspecified atom stereocenters. The first-order valence-electron chi connectivity index (χ1n) is 15.8. The predicted molar refractivity (Wildman–Crippen MR) is 192 cm³/mol. The Balaban J connectivity index is 0.000000400. The van der Waals surface area contributed by atoms with E-state index in [-0.39, 0.29) is 46.5 Å². The Kier molecular flexibility index (Phi) is 17.9. The van der Waals surface area contributed by atoms with E-state index >= 15 is 0 Å².